The fourth-order valence-corrected chi connectivity index (χ4v) is 4.32. The molecular formula is C23H20F4N4O3S. The van der Waals surface area contributed by atoms with Crippen molar-refractivity contribution in [3.05, 3.63) is 64.2 Å². The Kier molecular flexibility index (Phi) is 6.18. The highest BCUT2D eigenvalue weighted by Gasteiger charge is 2.63. The van der Waals surface area contributed by atoms with Gasteiger partial charge in [0.15, 0.2) is 5.13 Å². The lowest BCUT2D eigenvalue weighted by Gasteiger charge is -2.15. The number of phenols is 1. The first-order valence-corrected chi connectivity index (χ1v) is 11.2. The van der Waals surface area contributed by atoms with Crippen molar-refractivity contribution in [2.75, 3.05) is 23.7 Å². The average molecular weight is 508 g/mol. The summed E-state index contributed by atoms with van der Waals surface area (Å²) in [6.45, 7) is 0.746. The van der Waals surface area contributed by atoms with Gasteiger partial charge in [0.25, 0.3) is 11.8 Å². The molecule has 1 saturated heterocycles. The Balaban J connectivity index is 1.46. The molecular weight excluding hydrogens is 488 g/mol. The predicted molar refractivity (Wildman–Crippen MR) is 123 cm³/mol. The summed E-state index contributed by atoms with van der Waals surface area (Å²) in [7, 11) is 0. The van der Waals surface area contributed by atoms with Gasteiger partial charge in [0.05, 0.1) is 25.0 Å². The quantitative estimate of drug-likeness (QED) is 0.413. The van der Waals surface area contributed by atoms with Crippen LogP contribution in [0.5, 0.6) is 5.75 Å². The van der Waals surface area contributed by atoms with Crippen LogP contribution in [0.2, 0.25) is 0 Å². The number of thiazole rings is 1. The molecule has 1 aliphatic heterocycles. The third-order valence-corrected chi connectivity index (χ3v) is 6.49. The number of benzene rings is 2. The lowest BCUT2D eigenvalue weighted by Crippen LogP contribution is -2.38. The number of aromatic hydroxyl groups is 1. The van der Waals surface area contributed by atoms with Crippen molar-refractivity contribution in [1.29, 1.82) is 0 Å². The Morgan fingerprint density at radius 1 is 1.09 bits per heavy atom. The number of rotatable bonds is 5. The molecule has 0 bridgehead atoms. The molecule has 0 radical (unpaired) electrons. The normalized spacial score (nSPS) is 16.2. The van der Waals surface area contributed by atoms with Crippen molar-refractivity contribution in [2.45, 2.75) is 25.7 Å². The van der Waals surface area contributed by atoms with Gasteiger partial charge < -0.3 is 20.6 Å². The highest BCUT2D eigenvalue weighted by molar-refractivity contribution is 7.17. The number of hydrogen-bond donors (Lipinski definition) is 3. The number of anilines is 3. The maximum absolute atomic E-state index is 13.5. The number of alkyl halides is 4. The standard InChI is InChI=1S/C23H20F4N4O3S/c1-12-6-7-16(32)13(2)18(12)30-19(33)17-9-28-21(35-17)29-15-5-3-4-14(8-15)20(34)31-10-22(24,25)23(26,27)11-31/h3-9,32H,10-11H2,1-2H3,(H,28,29)(H,30,33). The van der Waals surface area contributed by atoms with Gasteiger partial charge in [-0.05, 0) is 43.7 Å². The van der Waals surface area contributed by atoms with Crippen molar-refractivity contribution in [3.8, 4) is 5.75 Å². The zero-order chi connectivity index (χ0) is 25.5. The highest BCUT2D eigenvalue weighted by atomic mass is 32.1. The Labute approximate surface area is 201 Å². The summed E-state index contributed by atoms with van der Waals surface area (Å²) >= 11 is 1.02. The van der Waals surface area contributed by atoms with Crippen molar-refractivity contribution < 1.29 is 32.3 Å². The second kappa shape index (κ2) is 8.84. The van der Waals surface area contributed by atoms with E-state index in [0.717, 1.165) is 16.9 Å². The van der Waals surface area contributed by atoms with Gasteiger partial charge in [-0.2, -0.15) is 17.6 Å². The fraction of sp³-hybridized carbons (Fsp3) is 0.261. The van der Waals surface area contributed by atoms with E-state index in [4.69, 9.17) is 0 Å². The maximum atomic E-state index is 13.5. The van der Waals surface area contributed by atoms with E-state index < -0.39 is 36.7 Å². The minimum atomic E-state index is -4.29. The third kappa shape index (κ3) is 4.78. The van der Waals surface area contributed by atoms with E-state index in [2.05, 4.69) is 15.6 Å². The minimum Gasteiger partial charge on any atom is -0.508 e. The second-order valence-corrected chi connectivity index (χ2v) is 9.19. The number of phenolic OH excluding ortho intramolecular Hbond substituents is 1. The summed E-state index contributed by atoms with van der Waals surface area (Å²) in [5, 5.41) is 15.9. The number of carbonyl (C=O) groups excluding carboxylic acids is 2. The molecule has 7 nitrogen and oxygen atoms in total. The number of halogens is 4. The van der Waals surface area contributed by atoms with Gasteiger partial charge in [-0.1, -0.05) is 23.5 Å². The molecule has 3 aromatic rings. The summed E-state index contributed by atoms with van der Waals surface area (Å²) in [6.07, 6.45) is 1.35. The van der Waals surface area contributed by atoms with E-state index in [9.17, 15) is 32.3 Å². The van der Waals surface area contributed by atoms with E-state index in [0.29, 0.717) is 27.0 Å². The molecule has 0 spiro atoms. The molecule has 2 amide bonds. The van der Waals surface area contributed by atoms with Crippen molar-refractivity contribution in [1.82, 2.24) is 9.88 Å². The lowest BCUT2D eigenvalue weighted by atomic mass is 10.1. The SMILES string of the molecule is Cc1ccc(O)c(C)c1NC(=O)c1cnc(Nc2cccc(C(=O)N3CC(F)(F)C(F)(F)C3)c2)s1. The largest absolute Gasteiger partial charge is 0.508 e. The van der Waals surface area contributed by atoms with Gasteiger partial charge in [-0.25, -0.2) is 4.98 Å². The van der Waals surface area contributed by atoms with E-state index in [1.54, 1.807) is 26.0 Å². The molecule has 3 N–H and O–H groups in total. The smallest absolute Gasteiger partial charge is 0.329 e. The van der Waals surface area contributed by atoms with Crippen LogP contribution in [0.3, 0.4) is 0 Å². The van der Waals surface area contributed by atoms with Crippen LogP contribution >= 0.6 is 11.3 Å². The van der Waals surface area contributed by atoms with Crippen LogP contribution in [0, 0.1) is 13.8 Å². The van der Waals surface area contributed by atoms with Gasteiger partial charge in [-0.15, -0.1) is 0 Å². The predicted octanol–water partition coefficient (Wildman–Crippen LogP) is 5.19. The van der Waals surface area contributed by atoms with Crippen molar-refractivity contribution >= 4 is 39.7 Å². The number of carbonyl (C=O) groups is 2. The third-order valence-electron chi connectivity index (χ3n) is 5.57. The van der Waals surface area contributed by atoms with Gasteiger partial charge >= 0.3 is 11.8 Å². The summed E-state index contributed by atoms with van der Waals surface area (Å²) in [4.78, 5) is 30.0. The van der Waals surface area contributed by atoms with Gasteiger partial charge in [0.1, 0.15) is 10.6 Å². The van der Waals surface area contributed by atoms with Gasteiger partial charge in [0.2, 0.25) is 0 Å². The van der Waals surface area contributed by atoms with Crippen molar-refractivity contribution in [2.24, 2.45) is 0 Å². The first-order chi connectivity index (χ1) is 16.4. The topological polar surface area (TPSA) is 94.6 Å². The Bertz CT molecular complexity index is 1300. The summed E-state index contributed by atoms with van der Waals surface area (Å²) < 4.78 is 53.9. The van der Waals surface area contributed by atoms with Crippen LogP contribution in [0.1, 0.15) is 31.2 Å². The van der Waals surface area contributed by atoms with E-state index >= 15 is 0 Å². The summed E-state index contributed by atoms with van der Waals surface area (Å²) in [6, 6.07) is 8.92. The van der Waals surface area contributed by atoms with E-state index in [1.807, 2.05) is 0 Å². The Morgan fingerprint density at radius 2 is 1.77 bits per heavy atom. The second-order valence-electron chi connectivity index (χ2n) is 8.16. The van der Waals surface area contributed by atoms with E-state index in [1.165, 1.54) is 30.5 Å². The van der Waals surface area contributed by atoms with Crippen LogP contribution in [-0.4, -0.2) is 51.7 Å². The number of aryl methyl sites for hydroxylation is 1. The molecule has 4 rings (SSSR count). The van der Waals surface area contributed by atoms with Crippen LogP contribution in [0.15, 0.2) is 42.6 Å². The Morgan fingerprint density at radius 3 is 2.46 bits per heavy atom. The number of aromatic nitrogens is 1. The molecule has 12 heteroatoms. The van der Waals surface area contributed by atoms with Crippen LogP contribution < -0.4 is 10.6 Å². The van der Waals surface area contributed by atoms with Crippen LogP contribution in [0.4, 0.5) is 34.1 Å². The summed E-state index contributed by atoms with van der Waals surface area (Å²) in [5.41, 5.74) is 2.09. The molecule has 35 heavy (non-hydrogen) atoms. The molecule has 184 valence electrons. The molecule has 0 atom stereocenters. The molecule has 1 aliphatic rings. The van der Waals surface area contributed by atoms with Gasteiger partial charge in [0, 0.05) is 16.8 Å². The number of hydrogen-bond acceptors (Lipinski definition) is 6. The molecule has 0 unspecified atom stereocenters. The van der Waals surface area contributed by atoms with Crippen LogP contribution in [-0.2, 0) is 0 Å². The van der Waals surface area contributed by atoms with Crippen LogP contribution in [0.25, 0.3) is 0 Å². The zero-order valence-corrected chi connectivity index (χ0v) is 19.4. The number of nitrogens with zero attached hydrogens (tertiary/aromatic N) is 2. The average Bonchev–Trinajstić information content (AvgIpc) is 3.34. The molecule has 0 saturated carbocycles. The number of nitrogens with one attached hydrogen (secondary N) is 2. The van der Waals surface area contributed by atoms with E-state index in [-0.39, 0.29) is 16.2 Å². The molecule has 1 aromatic heterocycles. The molecule has 2 heterocycles. The highest BCUT2D eigenvalue weighted by Crippen LogP contribution is 2.41. The zero-order valence-electron chi connectivity index (χ0n) is 18.5. The summed E-state index contributed by atoms with van der Waals surface area (Å²) in [5.74, 6) is -9.90. The first kappa shape index (κ1) is 24.5. The van der Waals surface area contributed by atoms with Gasteiger partial charge in [-0.3, -0.25) is 9.59 Å². The van der Waals surface area contributed by atoms with Crippen molar-refractivity contribution in [3.63, 3.8) is 0 Å². The molecule has 1 fully saturated rings. The monoisotopic (exact) mass is 508 g/mol. The Hall–Kier alpha value is -3.67. The fourth-order valence-electron chi connectivity index (χ4n) is 3.59. The maximum Gasteiger partial charge on any atom is 0.329 e. The lowest BCUT2D eigenvalue weighted by molar-refractivity contribution is -0.172. The first-order valence-electron chi connectivity index (χ1n) is 10.4. The minimum absolute atomic E-state index is 0.0483. The molecule has 0 aliphatic carbocycles. The number of likely N-dealkylation sites (tertiary alicyclic amines) is 1. The molecule has 2 aromatic carbocycles. The number of amides is 2.